The highest BCUT2D eigenvalue weighted by Gasteiger charge is 2.11. The highest BCUT2D eigenvalue weighted by molar-refractivity contribution is 6.02. The molecule has 0 aliphatic heterocycles. The van der Waals surface area contributed by atoms with Crippen molar-refractivity contribution in [1.82, 2.24) is 24.8 Å². The minimum atomic E-state index is -0.214. The van der Waals surface area contributed by atoms with Gasteiger partial charge >= 0.3 is 0 Å². The third kappa shape index (κ3) is 4.51. The first-order valence-corrected chi connectivity index (χ1v) is 10.6. The van der Waals surface area contributed by atoms with Crippen LogP contribution < -0.4 is 10.1 Å². The first-order chi connectivity index (χ1) is 16.7. The summed E-state index contributed by atoms with van der Waals surface area (Å²) in [6, 6.07) is 22.5. The monoisotopic (exact) mass is 448 g/mol. The van der Waals surface area contributed by atoms with Gasteiger partial charge in [-0.15, -0.1) is 10.2 Å². The molecule has 0 bridgehead atoms. The number of carbonyl (C=O) groups is 1. The van der Waals surface area contributed by atoms with Crippen molar-refractivity contribution >= 4 is 23.3 Å². The average Bonchev–Trinajstić information content (AvgIpc) is 3.32. The number of benzene rings is 2. The highest BCUT2D eigenvalue weighted by Crippen LogP contribution is 2.22. The largest absolute Gasteiger partial charge is 0.497 e. The van der Waals surface area contributed by atoms with Crippen LogP contribution in [0.1, 0.15) is 5.56 Å². The van der Waals surface area contributed by atoms with E-state index in [0.29, 0.717) is 17.2 Å². The molecule has 0 saturated carbocycles. The lowest BCUT2D eigenvalue weighted by Gasteiger charge is -2.06. The Hall–Kier alpha value is -4.85. The fraction of sp³-hybridized carbons (Fsp3) is 0.0385. The molecule has 5 rings (SSSR count). The van der Waals surface area contributed by atoms with Crippen LogP contribution in [0.3, 0.4) is 0 Å². The molecule has 3 aromatic heterocycles. The second-order valence-electron chi connectivity index (χ2n) is 7.43. The second-order valence-corrected chi connectivity index (χ2v) is 7.43. The van der Waals surface area contributed by atoms with Crippen molar-refractivity contribution in [3.8, 4) is 28.4 Å². The van der Waals surface area contributed by atoms with Gasteiger partial charge in [0, 0.05) is 35.3 Å². The molecule has 166 valence electrons. The van der Waals surface area contributed by atoms with Crippen molar-refractivity contribution in [2.24, 2.45) is 0 Å². The number of hydrogen-bond acceptors (Lipinski definition) is 6. The number of pyridine rings is 1. The van der Waals surface area contributed by atoms with E-state index in [-0.39, 0.29) is 5.91 Å². The molecule has 0 spiro atoms. The molecule has 8 heteroatoms. The fourth-order valence-electron chi connectivity index (χ4n) is 3.41. The molecule has 5 aromatic rings. The van der Waals surface area contributed by atoms with Crippen LogP contribution in [0, 0.1) is 0 Å². The third-order valence-electron chi connectivity index (χ3n) is 5.17. The average molecular weight is 448 g/mol. The van der Waals surface area contributed by atoms with E-state index in [1.54, 1.807) is 30.1 Å². The fourth-order valence-corrected chi connectivity index (χ4v) is 3.41. The van der Waals surface area contributed by atoms with Crippen molar-refractivity contribution in [3.63, 3.8) is 0 Å². The summed E-state index contributed by atoms with van der Waals surface area (Å²) in [6.07, 6.45) is 6.69. The maximum atomic E-state index is 12.3. The summed E-state index contributed by atoms with van der Waals surface area (Å²) in [5.74, 6) is 1.18. The summed E-state index contributed by atoms with van der Waals surface area (Å²) >= 11 is 0. The smallest absolute Gasteiger partial charge is 0.248 e. The van der Waals surface area contributed by atoms with Gasteiger partial charge in [-0.3, -0.25) is 9.78 Å². The Morgan fingerprint density at radius 3 is 2.50 bits per heavy atom. The quantitative estimate of drug-likeness (QED) is 0.384. The van der Waals surface area contributed by atoms with E-state index >= 15 is 0 Å². The topological polar surface area (TPSA) is 94.3 Å². The van der Waals surface area contributed by atoms with Crippen molar-refractivity contribution in [2.45, 2.75) is 0 Å². The molecular formula is C26H20N6O2. The summed E-state index contributed by atoms with van der Waals surface area (Å²) in [4.78, 5) is 16.4. The molecule has 8 nitrogen and oxygen atoms in total. The summed E-state index contributed by atoms with van der Waals surface area (Å²) in [5, 5.41) is 16.0. The Bertz CT molecular complexity index is 1460. The Labute approximate surface area is 195 Å². The molecular weight excluding hydrogens is 428 g/mol. The number of methoxy groups -OCH3 is 1. The molecule has 3 heterocycles. The number of amides is 1. The number of aromatic nitrogens is 5. The van der Waals surface area contributed by atoms with Gasteiger partial charge in [-0.2, -0.15) is 9.61 Å². The Morgan fingerprint density at radius 1 is 0.941 bits per heavy atom. The Morgan fingerprint density at radius 2 is 1.76 bits per heavy atom. The molecule has 34 heavy (non-hydrogen) atoms. The molecule has 0 atom stereocenters. The van der Waals surface area contributed by atoms with E-state index in [4.69, 9.17) is 9.84 Å². The SMILES string of the molecule is COc1ccc(/C=C/C(=O)Nc2ccc(-c3ccc4nnc(-c5cccnc5)n4n3)cc2)cc1. The molecule has 0 unspecified atom stereocenters. The number of rotatable bonds is 6. The lowest BCUT2D eigenvalue weighted by molar-refractivity contribution is -0.111. The van der Waals surface area contributed by atoms with E-state index < -0.39 is 0 Å². The van der Waals surface area contributed by atoms with Crippen molar-refractivity contribution < 1.29 is 9.53 Å². The molecule has 2 aromatic carbocycles. The second kappa shape index (κ2) is 9.33. The third-order valence-corrected chi connectivity index (χ3v) is 5.17. The van der Waals surface area contributed by atoms with Crippen LogP contribution in [-0.2, 0) is 4.79 Å². The summed E-state index contributed by atoms with van der Waals surface area (Å²) in [7, 11) is 1.62. The van der Waals surface area contributed by atoms with Crippen LogP contribution in [0.2, 0.25) is 0 Å². The van der Waals surface area contributed by atoms with Gasteiger partial charge in [-0.25, -0.2) is 0 Å². The van der Waals surface area contributed by atoms with E-state index in [0.717, 1.165) is 28.1 Å². The molecule has 0 radical (unpaired) electrons. The minimum Gasteiger partial charge on any atom is -0.497 e. The van der Waals surface area contributed by atoms with E-state index in [1.807, 2.05) is 72.8 Å². The van der Waals surface area contributed by atoms with Gasteiger partial charge in [-0.1, -0.05) is 24.3 Å². The van der Waals surface area contributed by atoms with Gasteiger partial charge in [0.25, 0.3) is 0 Å². The van der Waals surface area contributed by atoms with E-state index in [9.17, 15) is 4.79 Å². The molecule has 1 N–H and O–H groups in total. The van der Waals surface area contributed by atoms with Crippen LogP contribution in [0.5, 0.6) is 5.75 Å². The lowest BCUT2D eigenvalue weighted by Crippen LogP contribution is -2.07. The van der Waals surface area contributed by atoms with Crippen LogP contribution in [-0.4, -0.2) is 37.8 Å². The van der Waals surface area contributed by atoms with Crippen LogP contribution >= 0.6 is 0 Å². The zero-order chi connectivity index (χ0) is 23.3. The normalized spacial score (nSPS) is 11.1. The lowest BCUT2D eigenvalue weighted by atomic mass is 10.1. The Balaban J connectivity index is 1.31. The highest BCUT2D eigenvalue weighted by atomic mass is 16.5. The number of anilines is 1. The number of hydrogen-bond donors (Lipinski definition) is 1. The van der Waals surface area contributed by atoms with Crippen LogP contribution in [0.15, 0.2) is 91.3 Å². The number of nitrogens with one attached hydrogen (secondary N) is 1. The molecule has 0 aliphatic carbocycles. The van der Waals surface area contributed by atoms with Crippen molar-refractivity contribution in [3.05, 3.63) is 96.8 Å². The van der Waals surface area contributed by atoms with Crippen LogP contribution in [0.25, 0.3) is 34.4 Å². The van der Waals surface area contributed by atoms with E-state index in [1.165, 1.54) is 6.08 Å². The van der Waals surface area contributed by atoms with Gasteiger partial charge in [-0.05, 0) is 60.2 Å². The summed E-state index contributed by atoms with van der Waals surface area (Å²) in [5.41, 5.74) is 4.74. The number of nitrogens with zero attached hydrogens (tertiary/aromatic N) is 5. The summed E-state index contributed by atoms with van der Waals surface area (Å²) in [6.45, 7) is 0. The van der Waals surface area contributed by atoms with Gasteiger partial charge < -0.3 is 10.1 Å². The standard InChI is InChI=1S/C26H20N6O2/c1-34-22-11-4-18(5-12-22)6-15-25(33)28-21-9-7-19(8-10-21)23-13-14-24-29-30-26(32(24)31-23)20-3-2-16-27-17-20/h2-17H,1H3,(H,28,33)/b15-6+. The van der Waals surface area contributed by atoms with Crippen molar-refractivity contribution in [2.75, 3.05) is 12.4 Å². The molecule has 1 amide bonds. The zero-order valence-electron chi connectivity index (χ0n) is 18.3. The number of carbonyl (C=O) groups excluding carboxylic acids is 1. The summed E-state index contributed by atoms with van der Waals surface area (Å²) < 4.78 is 6.84. The first kappa shape index (κ1) is 21.0. The Kier molecular flexibility index (Phi) is 5.77. The maximum Gasteiger partial charge on any atom is 0.248 e. The van der Waals surface area contributed by atoms with Gasteiger partial charge in [0.15, 0.2) is 11.5 Å². The van der Waals surface area contributed by atoms with E-state index in [2.05, 4.69) is 20.5 Å². The maximum absolute atomic E-state index is 12.3. The predicted octanol–water partition coefficient (Wildman–Crippen LogP) is 4.51. The number of fused-ring (bicyclic) bond motifs is 1. The van der Waals surface area contributed by atoms with Crippen LogP contribution in [0.4, 0.5) is 5.69 Å². The molecule has 0 saturated heterocycles. The zero-order valence-corrected chi connectivity index (χ0v) is 18.3. The minimum absolute atomic E-state index is 0.214. The number of ether oxygens (including phenoxy) is 1. The predicted molar refractivity (Wildman–Crippen MR) is 130 cm³/mol. The molecule has 0 fully saturated rings. The molecule has 0 aliphatic rings. The van der Waals surface area contributed by atoms with Gasteiger partial charge in [0.1, 0.15) is 5.75 Å². The van der Waals surface area contributed by atoms with Gasteiger partial charge in [0.05, 0.1) is 12.8 Å². The van der Waals surface area contributed by atoms with Gasteiger partial charge in [0.2, 0.25) is 5.91 Å². The van der Waals surface area contributed by atoms with Crippen molar-refractivity contribution in [1.29, 1.82) is 0 Å². The first-order valence-electron chi connectivity index (χ1n) is 10.6.